The standard InChI is InChI=1S/C9H9Cl2NO4S/c10-5-1-4(9(14)8(13)3-17)7(12(15)16)2-6(5)11/h1-2,8-9,13-14,17H,3H2. The molecule has 94 valence electrons. The van der Waals surface area contributed by atoms with Crippen molar-refractivity contribution in [2.45, 2.75) is 12.2 Å². The lowest BCUT2D eigenvalue weighted by Crippen LogP contribution is -2.20. The Labute approximate surface area is 113 Å². The smallest absolute Gasteiger partial charge is 0.276 e. The molecule has 0 amide bonds. The first-order valence-electron chi connectivity index (χ1n) is 4.48. The summed E-state index contributed by atoms with van der Waals surface area (Å²) in [7, 11) is 0. The summed E-state index contributed by atoms with van der Waals surface area (Å²) < 4.78 is 0. The van der Waals surface area contributed by atoms with Crippen LogP contribution in [0.5, 0.6) is 0 Å². The zero-order valence-corrected chi connectivity index (χ0v) is 10.8. The third-order valence-electron chi connectivity index (χ3n) is 2.14. The molecule has 1 rings (SSSR count). The molecule has 1 aromatic rings. The topological polar surface area (TPSA) is 83.6 Å². The third-order valence-corrected chi connectivity index (χ3v) is 3.23. The third kappa shape index (κ3) is 3.23. The molecule has 0 aliphatic heterocycles. The molecule has 0 radical (unpaired) electrons. The van der Waals surface area contributed by atoms with Crippen molar-refractivity contribution in [1.82, 2.24) is 0 Å². The Morgan fingerprint density at radius 1 is 1.35 bits per heavy atom. The lowest BCUT2D eigenvalue weighted by atomic mass is 10.0. The summed E-state index contributed by atoms with van der Waals surface area (Å²) in [4.78, 5) is 10.1. The minimum Gasteiger partial charge on any atom is -0.389 e. The van der Waals surface area contributed by atoms with Crippen molar-refractivity contribution in [1.29, 1.82) is 0 Å². The Morgan fingerprint density at radius 2 is 1.88 bits per heavy atom. The van der Waals surface area contributed by atoms with Crippen molar-refractivity contribution < 1.29 is 15.1 Å². The van der Waals surface area contributed by atoms with Gasteiger partial charge in [-0.3, -0.25) is 10.1 Å². The summed E-state index contributed by atoms with van der Waals surface area (Å²) >= 11 is 15.2. The number of rotatable bonds is 4. The van der Waals surface area contributed by atoms with E-state index in [-0.39, 0.29) is 21.4 Å². The molecular weight excluding hydrogens is 289 g/mol. The van der Waals surface area contributed by atoms with E-state index in [1.165, 1.54) is 6.07 Å². The van der Waals surface area contributed by atoms with Crippen LogP contribution in [0.3, 0.4) is 0 Å². The maximum atomic E-state index is 10.8. The van der Waals surface area contributed by atoms with Crippen molar-refractivity contribution in [3.05, 3.63) is 37.9 Å². The number of hydrogen-bond donors (Lipinski definition) is 3. The molecule has 0 saturated heterocycles. The molecule has 0 bridgehead atoms. The predicted molar refractivity (Wildman–Crippen MR) is 67.9 cm³/mol. The van der Waals surface area contributed by atoms with Gasteiger partial charge in [-0.2, -0.15) is 12.6 Å². The van der Waals surface area contributed by atoms with E-state index in [0.717, 1.165) is 6.07 Å². The molecule has 5 nitrogen and oxygen atoms in total. The predicted octanol–water partition coefficient (Wildman–Crippen LogP) is 2.23. The van der Waals surface area contributed by atoms with Crippen molar-refractivity contribution in [3.63, 3.8) is 0 Å². The second-order valence-electron chi connectivity index (χ2n) is 3.28. The zero-order chi connectivity index (χ0) is 13.2. The SMILES string of the molecule is O=[N+]([O-])c1cc(Cl)c(Cl)cc1C(O)C(O)CS. The lowest BCUT2D eigenvalue weighted by Gasteiger charge is -2.16. The van der Waals surface area contributed by atoms with Crippen LogP contribution >= 0.6 is 35.8 Å². The molecule has 8 heteroatoms. The molecule has 0 heterocycles. The van der Waals surface area contributed by atoms with Crippen LogP contribution in [0, 0.1) is 10.1 Å². The van der Waals surface area contributed by atoms with Gasteiger partial charge in [0.15, 0.2) is 0 Å². The van der Waals surface area contributed by atoms with Gasteiger partial charge in [0, 0.05) is 11.8 Å². The average molecular weight is 298 g/mol. The lowest BCUT2D eigenvalue weighted by molar-refractivity contribution is -0.386. The largest absolute Gasteiger partial charge is 0.389 e. The van der Waals surface area contributed by atoms with Crippen LogP contribution in [0.4, 0.5) is 5.69 Å². The maximum Gasteiger partial charge on any atom is 0.276 e. The highest BCUT2D eigenvalue weighted by molar-refractivity contribution is 7.80. The van der Waals surface area contributed by atoms with E-state index in [9.17, 15) is 20.3 Å². The Hall–Kier alpha value is -0.530. The Kier molecular flexibility index (Phi) is 5.03. The van der Waals surface area contributed by atoms with E-state index in [1.54, 1.807) is 0 Å². The molecule has 0 saturated carbocycles. The van der Waals surface area contributed by atoms with Crippen LogP contribution in [-0.4, -0.2) is 27.0 Å². The van der Waals surface area contributed by atoms with Crippen LogP contribution in [0.1, 0.15) is 11.7 Å². The van der Waals surface area contributed by atoms with Gasteiger partial charge in [-0.25, -0.2) is 0 Å². The molecule has 2 atom stereocenters. The summed E-state index contributed by atoms with van der Waals surface area (Å²) in [5.41, 5.74) is -0.487. The Bertz CT molecular complexity index is 443. The molecule has 0 spiro atoms. The van der Waals surface area contributed by atoms with Gasteiger partial charge in [0.2, 0.25) is 0 Å². The number of nitrogens with zero attached hydrogens (tertiary/aromatic N) is 1. The number of benzene rings is 1. The molecule has 1 aromatic carbocycles. The molecule has 2 unspecified atom stereocenters. The minimum absolute atomic E-state index is 0.00896. The Morgan fingerprint density at radius 3 is 2.35 bits per heavy atom. The second kappa shape index (κ2) is 5.88. The average Bonchev–Trinajstić information content (AvgIpc) is 2.29. The van der Waals surface area contributed by atoms with E-state index < -0.39 is 22.8 Å². The number of aliphatic hydroxyl groups excluding tert-OH is 2. The number of thiol groups is 1. The normalized spacial score (nSPS) is 14.4. The van der Waals surface area contributed by atoms with E-state index >= 15 is 0 Å². The fourth-order valence-electron chi connectivity index (χ4n) is 1.25. The summed E-state index contributed by atoms with van der Waals surface area (Å²) in [5, 5.41) is 30.0. The molecule has 0 aliphatic carbocycles. The van der Waals surface area contributed by atoms with Crippen LogP contribution in [0.15, 0.2) is 12.1 Å². The summed E-state index contributed by atoms with van der Waals surface area (Å²) in [5.74, 6) is -0.0431. The molecule has 0 fully saturated rings. The summed E-state index contributed by atoms with van der Waals surface area (Å²) in [6, 6.07) is 2.20. The Balaban J connectivity index is 3.30. The van der Waals surface area contributed by atoms with Crippen molar-refractivity contribution in [3.8, 4) is 0 Å². The maximum absolute atomic E-state index is 10.8. The van der Waals surface area contributed by atoms with Crippen LogP contribution in [0.2, 0.25) is 10.0 Å². The van der Waals surface area contributed by atoms with Gasteiger partial charge < -0.3 is 10.2 Å². The van der Waals surface area contributed by atoms with Crippen molar-refractivity contribution >= 4 is 41.5 Å². The number of nitro groups is 1. The number of halogens is 2. The van der Waals surface area contributed by atoms with Gasteiger partial charge in [0.05, 0.1) is 26.6 Å². The highest BCUT2D eigenvalue weighted by Gasteiger charge is 2.27. The van der Waals surface area contributed by atoms with E-state index in [4.69, 9.17) is 23.2 Å². The quantitative estimate of drug-likeness (QED) is 0.452. The van der Waals surface area contributed by atoms with Gasteiger partial charge in [-0.15, -0.1) is 0 Å². The fourth-order valence-corrected chi connectivity index (χ4v) is 1.78. The molecule has 2 N–H and O–H groups in total. The zero-order valence-electron chi connectivity index (χ0n) is 8.38. The van der Waals surface area contributed by atoms with E-state index in [0.29, 0.717) is 0 Å². The van der Waals surface area contributed by atoms with Gasteiger partial charge >= 0.3 is 0 Å². The number of nitro benzene ring substituents is 1. The summed E-state index contributed by atoms with van der Waals surface area (Å²) in [6.07, 6.45) is -2.67. The second-order valence-corrected chi connectivity index (χ2v) is 4.46. The first-order chi connectivity index (χ1) is 7.88. The monoisotopic (exact) mass is 297 g/mol. The van der Waals surface area contributed by atoms with Gasteiger partial charge in [0.25, 0.3) is 5.69 Å². The minimum atomic E-state index is -1.44. The number of aliphatic hydroxyl groups is 2. The molecule has 0 aromatic heterocycles. The highest BCUT2D eigenvalue weighted by atomic mass is 35.5. The van der Waals surface area contributed by atoms with Crippen LogP contribution in [0.25, 0.3) is 0 Å². The van der Waals surface area contributed by atoms with Crippen LogP contribution < -0.4 is 0 Å². The van der Waals surface area contributed by atoms with Crippen molar-refractivity contribution in [2.75, 3.05) is 5.75 Å². The summed E-state index contributed by atoms with van der Waals surface area (Å²) in [6.45, 7) is 0. The van der Waals surface area contributed by atoms with E-state index in [2.05, 4.69) is 12.6 Å². The van der Waals surface area contributed by atoms with E-state index in [1.807, 2.05) is 0 Å². The molecule has 0 aliphatic rings. The first-order valence-corrected chi connectivity index (χ1v) is 5.87. The van der Waals surface area contributed by atoms with Gasteiger partial charge in [-0.05, 0) is 6.07 Å². The van der Waals surface area contributed by atoms with Crippen molar-refractivity contribution in [2.24, 2.45) is 0 Å². The fraction of sp³-hybridized carbons (Fsp3) is 0.333. The first kappa shape index (κ1) is 14.5. The van der Waals surface area contributed by atoms with Gasteiger partial charge in [0.1, 0.15) is 6.10 Å². The van der Waals surface area contributed by atoms with Crippen LogP contribution in [-0.2, 0) is 0 Å². The molecular formula is C9H9Cl2NO4S. The number of hydrogen-bond acceptors (Lipinski definition) is 5. The van der Waals surface area contributed by atoms with Gasteiger partial charge in [-0.1, -0.05) is 23.2 Å². The highest BCUT2D eigenvalue weighted by Crippen LogP contribution is 2.35. The molecule has 17 heavy (non-hydrogen) atoms.